The molecular weight excluding hydrogens is 188 g/mol. The zero-order valence-electron chi connectivity index (χ0n) is 7.37. The average Bonchev–Trinajstić information content (AvgIpc) is 2.09. The van der Waals surface area contributed by atoms with Crippen molar-refractivity contribution in [1.82, 2.24) is 9.97 Å². The van der Waals surface area contributed by atoms with Crippen molar-refractivity contribution in [2.75, 3.05) is 6.61 Å². The normalized spacial score (nSPS) is 11.0. The largest absolute Gasteiger partial charge is 0.396 e. The van der Waals surface area contributed by atoms with E-state index in [-0.39, 0.29) is 11.9 Å². The molecule has 1 N–H and O–H groups in total. The van der Waals surface area contributed by atoms with Gasteiger partial charge in [0.15, 0.2) is 0 Å². The molecule has 1 aromatic heterocycles. The molecule has 0 saturated carbocycles. The van der Waals surface area contributed by atoms with Crippen LogP contribution in [0.5, 0.6) is 0 Å². The lowest BCUT2D eigenvalue weighted by Crippen LogP contribution is -1.89. The monoisotopic (exact) mass is 198 g/mol. The Kier molecular flexibility index (Phi) is 3.86. The lowest BCUT2D eigenvalue weighted by Gasteiger charge is -1.97. The van der Waals surface area contributed by atoms with Gasteiger partial charge >= 0.3 is 0 Å². The van der Waals surface area contributed by atoms with Crippen LogP contribution < -0.4 is 0 Å². The van der Waals surface area contributed by atoms with Gasteiger partial charge in [-0.25, -0.2) is 9.97 Å². The van der Waals surface area contributed by atoms with Crippen molar-refractivity contribution in [3.63, 3.8) is 0 Å². The minimum absolute atomic E-state index is 0.157. The van der Waals surface area contributed by atoms with E-state index >= 15 is 0 Å². The first-order valence-corrected chi connectivity index (χ1v) is 4.38. The Morgan fingerprint density at radius 1 is 1.62 bits per heavy atom. The summed E-state index contributed by atoms with van der Waals surface area (Å²) in [6, 6.07) is 0. The van der Waals surface area contributed by atoms with Crippen molar-refractivity contribution in [1.29, 1.82) is 0 Å². The summed E-state index contributed by atoms with van der Waals surface area (Å²) in [5.41, 5.74) is 1.77. The minimum Gasteiger partial charge on any atom is -0.396 e. The third kappa shape index (κ3) is 3.13. The van der Waals surface area contributed by atoms with Crippen LogP contribution in [0.2, 0.25) is 5.28 Å². The van der Waals surface area contributed by atoms with Crippen LogP contribution >= 0.6 is 11.6 Å². The van der Waals surface area contributed by atoms with Gasteiger partial charge < -0.3 is 5.11 Å². The smallest absolute Gasteiger partial charge is 0.222 e. The summed E-state index contributed by atoms with van der Waals surface area (Å²) in [6.45, 7) is 2.02. The van der Waals surface area contributed by atoms with E-state index in [9.17, 15) is 0 Å². The first-order valence-electron chi connectivity index (χ1n) is 4.00. The summed E-state index contributed by atoms with van der Waals surface area (Å²) in [7, 11) is 0. The summed E-state index contributed by atoms with van der Waals surface area (Å²) in [6.07, 6.45) is 6.06. The molecule has 0 atom stereocenters. The lowest BCUT2D eigenvalue weighted by molar-refractivity contribution is 0.303. The van der Waals surface area contributed by atoms with E-state index < -0.39 is 0 Å². The second-order valence-corrected chi connectivity index (χ2v) is 2.93. The maximum absolute atomic E-state index is 8.55. The van der Waals surface area contributed by atoms with Gasteiger partial charge in [-0.05, 0) is 24.9 Å². The summed E-state index contributed by atoms with van der Waals surface area (Å²) in [5.74, 6) is 0. The highest BCUT2D eigenvalue weighted by Gasteiger charge is 1.96. The molecule has 70 valence electrons. The molecule has 1 rings (SSSR count). The molecule has 0 aromatic carbocycles. The van der Waals surface area contributed by atoms with E-state index in [0.29, 0.717) is 6.42 Å². The Hall–Kier alpha value is -0.930. The van der Waals surface area contributed by atoms with Crippen LogP contribution in [0.3, 0.4) is 0 Å². The van der Waals surface area contributed by atoms with Gasteiger partial charge in [0.1, 0.15) is 0 Å². The number of rotatable bonds is 3. The van der Waals surface area contributed by atoms with Crippen molar-refractivity contribution in [2.45, 2.75) is 13.3 Å². The van der Waals surface area contributed by atoms with E-state index in [2.05, 4.69) is 9.97 Å². The second kappa shape index (κ2) is 4.94. The van der Waals surface area contributed by atoms with Gasteiger partial charge in [-0.15, -0.1) is 0 Å². The highest BCUT2D eigenvalue weighted by molar-refractivity contribution is 6.28. The standard InChI is InChI=1S/C9H11ClN2O/c1-7-8(4-2-3-5-13)6-11-9(10)12-7/h2,4,6,13H,3,5H2,1H3. The van der Waals surface area contributed by atoms with Crippen LogP contribution in [-0.2, 0) is 0 Å². The van der Waals surface area contributed by atoms with Gasteiger partial charge in [-0.1, -0.05) is 12.2 Å². The van der Waals surface area contributed by atoms with Crippen molar-refractivity contribution < 1.29 is 5.11 Å². The molecule has 0 aliphatic carbocycles. The molecule has 0 bridgehead atoms. The van der Waals surface area contributed by atoms with E-state index in [0.717, 1.165) is 11.3 Å². The van der Waals surface area contributed by atoms with E-state index in [4.69, 9.17) is 16.7 Å². The molecule has 0 amide bonds. The van der Waals surface area contributed by atoms with Crippen molar-refractivity contribution >= 4 is 17.7 Å². The molecule has 0 aliphatic rings. The number of aliphatic hydroxyl groups is 1. The van der Waals surface area contributed by atoms with Crippen molar-refractivity contribution in [2.24, 2.45) is 0 Å². The fraction of sp³-hybridized carbons (Fsp3) is 0.333. The molecule has 0 unspecified atom stereocenters. The number of aliphatic hydroxyl groups excluding tert-OH is 1. The molecule has 0 radical (unpaired) electrons. The van der Waals surface area contributed by atoms with Gasteiger partial charge in [0, 0.05) is 24.1 Å². The van der Waals surface area contributed by atoms with Crippen LogP contribution in [0.15, 0.2) is 12.3 Å². The predicted molar refractivity (Wildman–Crippen MR) is 52.5 cm³/mol. The van der Waals surface area contributed by atoms with Crippen LogP contribution in [0.1, 0.15) is 17.7 Å². The molecule has 1 aromatic rings. The third-order valence-electron chi connectivity index (χ3n) is 1.58. The molecule has 0 saturated heterocycles. The number of aromatic nitrogens is 2. The maximum atomic E-state index is 8.55. The third-order valence-corrected chi connectivity index (χ3v) is 1.76. The Balaban J connectivity index is 2.77. The highest BCUT2D eigenvalue weighted by Crippen LogP contribution is 2.09. The molecule has 1 heterocycles. The van der Waals surface area contributed by atoms with Crippen LogP contribution in [0.4, 0.5) is 0 Å². The summed E-state index contributed by atoms with van der Waals surface area (Å²) >= 11 is 5.59. The number of halogens is 1. The zero-order valence-corrected chi connectivity index (χ0v) is 8.12. The van der Waals surface area contributed by atoms with Gasteiger partial charge in [-0.2, -0.15) is 0 Å². The number of nitrogens with zero attached hydrogens (tertiary/aromatic N) is 2. The van der Waals surface area contributed by atoms with Crippen LogP contribution in [0.25, 0.3) is 6.08 Å². The first kappa shape index (κ1) is 10.2. The van der Waals surface area contributed by atoms with E-state index in [1.807, 2.05) is 19.1 Å². The van der Waals surface area contributed by atoms with Gasteiger partial charge in [0.25, 0.3) is 0 Å². The highest BCUT2D eigenvalue weighted by atomic mass is 35.5. The molecule has 0 aliphatic heterocycles. The Morgan fingerprint density at radius 2 is 2.38 bits per heavy atom. The molecule has 4 heteroatoms. The van der Waals surface area contributed by atoms with Crippen LogP contribution in [0, 0.1) is 6.92 Å². The summed E-state index contributed by atoms with van der Waals surface area (Å²) < 4.78 is 0. The average molecular weight is 199 g/mol. The van der Waals surface area contributed by atoms with Gasteiger partial charge in [-0.3, -0.25) is 0 Å². The molecule has 0 spiro atoms. The predicted octanol–water partition coefficient (Wildman–Crippen LogP) is 1.83. The Labute approximate surface area is 82.1 Å². The molecule has 13 heavy (non-hydrogen) atoms. The topological polar surface area (TPSA) is 46.0 Å². The van der Waals surface area contributed by atoms with E-state index in [1.54, 1.807) is 6.20 Å². The van der Waals surface area contributed by atoms with Gasteiger partial charge in [0.05, 0.1) is 0 Å². The van der Waals surface area contributed by atoms with Crippen molar-refractivity contribution in [3.05, 3.63) is 28.8 Å². The lowest BCUT2D eigenvalue weighted by atomic mass is 10.2. The summed E-state index contributed by atoms with van der Waals surface area (Å²) in [5, 5.41) is 8.82. The maximum Gasteiger partial charge on any atom is 0.222 e. The summed E-state index contributed by atoms with van der Waals surface area (Å²) in [4.78, 5) is 7.85. The molecular formula is C9H11ClN2O. The SMILES string of the molecule is Cc1nc(Cl)ncc1C=CCCO. The Bertz CT molecular complexity index is 312. The zero-order chi connectivity index (χ0) is 9.68. The number of aryl methyl sites for hydroxylation is 1. The quantitative estimate of drug-likeness (QED) is 0.754. The van der Waals surface area contributed by atoms with E-state index in [1.165, 1.54) is 0 Å². The number of hydrogen-bond donors (Lipinski definition) is 1. The second-order valence-electron chi connectivity index (χ2n) is 2.59. The molecule has 0 fully saturated rings. The Morgan fingerprint density at radius 3 is 3.00 bits per heavy atom. The minimum atomic E-state index is 0.157. The van der Waals surface area contributed by atoms with Crippen molar-refractivity contribution in [3.8, 4) is 0 Å². The van der Waals surface area contributed by atoms with Crippen LogP contribution in [-0.4, -0.2) is 21.7 Å². The first-order chi connectivity index (χ1) is 6.24. The fourth-order valence-corrected chi connectivity index (χ4v) is 1.07. The number of hydrogen-bond acceptors (Lipinski definition) is 3. The van der Waals surface area contributed by atoms with Gasteiger partial charge in [0.2, 0.25) is 5.28 Å². The molecule has 3 nitrogen and oxygen atoms in total. The fourth-order valence-electron chi connectivity index (χ4n) is 0.896.